The minimum Gasteiger partial charge on any atom is -0.445 e. The number of ether oxygens (including phenoxy) is 2. The van der Waals surface area contributed by atoms with E-state index in [2.05, 4.69) is 32.4 Å². The van der Waals surface area contributed by atoms with Crippen molar-refractivity contribution >= 4 is 24.8 Å². The molecule has 0 aromatic rings. The summed E-state index contributed by atoms with van der Waals surface area (Å²) in [5.74, 6) is 0. The fraction of sp³-hybridized carbons (Fsp3) is 0.500. The molecule has 0 spiro atoms. The fourth-order valence-corrected chi connectivity index (χ4v) is 2.71. The van der Waals surface area contributed by atoms with Gasteiger partial charge in [-0.05, 0) is 6.42 Å². The predicted octanol–water partition coefficient (Wildman–Crippen LogP) is 2.84. The van der Waals surface area contributed by atoms with Gasteiger partial charge in [-0.15, -0.1) is 0 Å². The zero-order valence-electron chi connectivity index (χ0n) is 13.4. The highest BCUT2D eigenvalue weighted by Gasteiger charge is 2.35. The van der Waals surface area contributed by atoms with E-state index in [9.17, 15) is 9.59 Å². The first-order valence-corrected chi connectivity index (χ1v) is 7.83. The number of hydrogen-bond acceptors (Lipinski definition) is 5. The quantitative estimate of drug-likeness (QED) is 0.572. The van der Waals surface area contributed by atoms with Gasteiger partial charge in [0.15, 0.2) is 0 Å². The number of hydrogen-bond donors (Lipinski definition) is 1. The van der Waals surface area contributed by atoms with E-state index in [1.807, 2.05) is 0 Å². The highest BCUT2D eigenvalue weighted by atomic mass is 32.1. The summed E-state index contributed by atoms with van der Waals surface area (Å²) < 4.78 is 10.0. The van der Waals surface area contributed by atoms with E-state index < -0.39 is 12.2 Å². The van der Waals surface area contributed by atoms with Crippen LogP contribution in [-0.4, -0.2) is 60.1 Å². The lowest BCUT2D eigenvalue weighted by Crippen LogP contribution is -2.38. The SMILES string of the molecule is C=CCOC(=O)N(C)C(=C)C[C@H]1C[C@H](S)CN1C(=O)OCC=C. The third kappa shape index (κ3) is 5.67. The molecule has 1 aliphatic rings. The van der Waals surface area contributed by atoms with Gasteiger partial charge in [0.1, 0.15) is 13.2 Å². The summed E-state index contributed by atoms with van der Waals surface area (Å²) in [5.41, 5.74) is 0.563. The van der Waals surface area contributed by atoms with Gasteiger partial charge in [0.25, 0.3) is 0 Å². The fourth-order valence-electron chi connectivity index (χ4n) is 2.29. The van der Waals surface area contributed by atoms with Gasteiger partial charge < -0.3 is 14.4 Å². The zero-order chi connectivity index (χ0) is 17.4. The Labute approximate surface area is 142 Å². The molecular formula is C16H24N2O4S. The second-order valence-corrected chi connectivity index (χ2v) is 5.99. The first-order chi connectivity index (χ1) is 10.9. The maximum atomic E-state index is 12.1. The first kappa shape index (κ1) is 19.2. The van der Waals surface area contributed by atoms with E-state index in [1.165, 1.54) is 17.1 Å². The van der Waals surface area contributed by atoms with Gasteiger partial charge in [-0.25, -0.2) is 9.59 Å². The van der Waals surface area contributed by atoms with Crippen LogP contribution in [0.25, 0.3) is 0 Å². The normalized spacial score (nSPS) is 19.8. The number of carbonyl (C=O) groups excluding carboxylic acids is 2. The summed E-state index contributed by atoms with van der Waals surface area (Å²) in [4.78, 5) is 26.8. The van der Waals surface area contributed by atoms with E-state index in [-0.39, 0.29) is 24.5 Å². The van der Waals surface area contributed by atoms with Gasteiger partial charge in [-0.3, -0.25) is 4.90 Å². The Morgan fingerprint density at radius 2 is 1.91 bits per heavy atom. The van der Waals surface area contributed by atoms with Gasteiger partial charge in [0.05, 0.1) is 0 Å². The van der Waals surface area contributed by atoms with Crippen molar-refractivity contribution in [3.8, 4) is 0 Å². The molecule has 2 amide bonds. The van der Waals surface area contributed by atoms with E-state index >= 15 is 0 Å². The number of nitrogens with zero attached hydrogens (tertiary/aromatic N) is 2. The van der Waals surface area contributed by atoms with Crippen LogP contribution in [0.3, 0.4) is 0 Å². The number of carbonyl (C=O) groups is 2. The monoisotopic (exact) mass is 340 g/mol. The minimum atomic E-state index is -0.504. The molecule has 0 bridgehead atoms. The van der Waals surface area contributed by atoms with Crippen molar-refractivity contribution in [3.05, 3.63) is 37.6 Å². The molecule has 1 fully saturated rings. The Morgan fingerprint density at radius 1 is 1.30 bits per heavy atom. The Balaban J connectivity index is 2.63. The first-order valence-electron chi connectivity index (χ1n) is 7.32. The predicted molar refractivity (Wildman–Crippen MR) is 92.5 cm³/mol. The van der Waals surface area contributed by atoms with Crippen LogP contribution >= 0.6 is 12.6 Å². The number of likely N-dealkylation sites (tertiary alicyclic amines) is 1. The highest BCUT2D eigenvalue weighted by Crippen LogP contribution is 2.27. The molecule has 6 nitrogen and oxygen atoms in total. The third-order valence-corrected chi connectivity index (χ3v) is 3.87. The molecule has 23 heavy (non-hydrogen) atoms. The molecule has 1 rings (SSSR count). The minimum absolute atomic E-state index is 0.0714. The number of rotatable bonds is 7. The van der Waals surface area contributed by atoms with Crippen molar-refractivity contribution in [2.24, 2.45) is 0 Å². The lowest BCUT2D eigenvalue weighted by Gasteiger charge is -2.27. The molecular weight excluding hydrogens is 316 g/mol. The van der Waals surface area contributed by atoms with Gasteiger partial charge >= 0.3 is 12.2 Å². The van der Waals surface area contributed by atoms with Crippen LogP contribution in [0.2, 0.25) is 0 Å². The molecule has 0 aromatic carbocycles. The Kier molecular flexibility index (Phi) is 7.74. The van der Waals surface area contributed by atoms with Crippen molar-refractivity contribution in [1.29, 1.82) is 0 Å². The van der Waals surface area contributed by atoms with Crippen LogP contribution in [0.1, 0.15) is 12.8 Å². The summed E-state index contributed by atoms with van der Waals surface area (Å²) in [7, 11) is 1.58. The van der Waals surface area contributed by atoms with Crippen LogP contribution in [-0.2, 0) is 9.47 Å². The lowest BCUT2D eigenvalue weighted by atomic mass is 10.1. The van der Waals surface area contributed by atoms with Gasteiger partial charge in [0.2, 0.25) is 0 Å². The van der Waals surface area contributed by atoms with E-state index in [1.54, 1.807) is 11.9 Å². The maximum absolute atomic E-state index is 12.1. The summed E-state index contributed by atoms with van der Waals surface area (Å²) >= 11 is 4.44. The van der Waals surface area contributed by atoms with E-state index in [4.69, 9.17) is 9.47 Å². The molecule has 0 aromatic heterocycles. The van der Waals surface area contributed by atoms with Crippen LogP contribution in [0, 0.1) is 0 Å². The van der Waals surface area contributed by atoms with Gasteiger partial charge in [-0.2, -0.15) is 12.6 Å². The van der Waals surface area contributed by atoms with Crippen molar-refractivity contribution in [3.63, 3.8) is 0 Å². The summed E-state index contributed by atoms with van der Waals surface area (Å²) in [6.45, 7) is 11.7. The van der Waals surface area contributed by atoms with Crippen LogP contribution in [0.5, 0.6) is 0 Å². The smallest absolute Gasteiger partial charge is 0.414 e. The average Bonchev–Trinajstić information content (AvgIpc) is 2.89. The second kappa shape index (κ2) is 9.29. The largest absolute Gasteiger partial charge is 0.445 e. The summed E-state index contributed by atoms with van der Waals surface area (Å²) in [6.07, 6.45) is 3.26. The van der Waals surface area contributed by atoms with Crippen molar-refractivity contribution in [2.45, 2.75) is 24.1 Å². The molecule has 0 unspecified atom stereocenters. The molecule has 7 heteroatoms. The molecule has 1 saturated heterocycles. The molecule has 1 aliphatic heterocycles. The number of thiol groups is 1. The van der Waals surface area contributed by atoms with Gasteiger partial charge in [0, 0.05) is 37.0 Å². The molecule has 2 atom stereocenters. The maximum Gasteiger partial charge on any atom is 0.414 e. The molecule has 0 aliphatic carbocycles. The Bertz CT molecular complexity index is 481. The van der Waals surface area contributed by atoms with Crippen LogP contribution in [0.4, 0.5) is 9.59 Å². The van der Waals surface area contributed by atoms with Crippen molar-refractivity contribution < 1.29 is 19.1 Å². The average molecular weight is 340 g/mol. The van der Waals surface area contributed by atoms with Gasteiger partial charge in [-0.1, -0.05) is 31.9 Å². The van der Waals surface area contributed by atoms with Crippen molar-refractivity contribution in [1.82, 2.24) is 9.80 Å². The third-order valence-electron chi connectivity index (χ3n) is 3.50. The zero-order valence-corrected chi connectivity index (χ0v) is 14.3. The molecule has 0 saturated carbocycles. The van der Waals surface area contributed by atoms with Crippen LogP contribution < -0.4 is 0 Å². The Hall–Kier alpha value is -1.89. The molecule has 128 valence electrons. The standard InChI is InChI=1S/C16H24N2O4S/c1-5-7-21-15(19)17(4)12(3)9-13-10-14(23)11-18(13)16(20)22-8-6-2/h5-6,13-14,23H,1-3,7-11H2,4H3/t13-,14-/m0/s1. The Morgan fingerprint density at radius 3 is 2.52 bits per heavy atom. The molecule has 1 heterocycles. The topological polar surface area (TPSA) is 59.1 Å². The highest BCUT2D eigenvalue weighted by molar-refractivity contribution is 7.81. The summed E-state index contributed by atoms with van der Waals surface area (Å²) in [6, 6.07) is -0.114. The molecule has 0 N–H and O–H groups in total. The number of amides is 2. The van der Waals surface area contributed by atoms with Crippen LogP contribution in [0.15, 0.2) is 37.6 Å². The second-order valence-electron chi connectivity index (χ2n) is 5.26. The lowest BCUT2D eigenvalue weighted by molar-refractivity contribution is 0.105. The van der Waals surface area contributed by atoms with Crippen molar-refractivity contribution in [2.75, 3.05) is 26.8 Å². The van der Waals surface area contributed by atoms with E-state index in [0.29, 0.717) is 25.1 Å². The van der Waals surface area contributed by atoms with E-state index in [0.717, 1.165) is 0 Å². The molecule has 0 radical (unpaired) electrons. The summed E-state index contributed by atoms with van der Waals surface area (Å²) in [5, 5.41) is 0.0714.